The highest BCUT2D eigenvalue weighted by molar-refractivity contribution is 6.05. The third-order valence-corrected chi connectivity index (χ3v) is 5.60. The van der Waals surface area contributed by atoms with Crippen LogP contribution in [0.1, 0.15) is 42.1 Å². The predicted molar refractivity (Wildman–Crippen MR) is 105 cm³/mol. The molecule has 1 amide bonds. The van der Waals surface area contributed by atoms with Crippen molar-refractivity contribution < 1.29 is 18.8 Å². The number of carbonyl (C=O) groups excluding carboxylic acids is 2. The first-order valence-electron chi connectivity index (χ1n) is 9.71. The van der Waals surface area contributed by atoms with Crippen LogP contribution in [-0.4, -0.2) is 46.0 Å². The maximum atomic E-state index is 14.0. The molecule has 1 atom stereocenters. The summed E-state index contributed by atoms with van der Waals surface area (Å²) in [5.41, 5.74) is 0.231. The molecule has 2 aromatic rings. The van der Waals surface area contributed by atoms with Gasteiger partial charge in [-0.25, -0.2) is 4.39 Å². The van der Waals surface area contributed by atoms with E-state index in [9.17, 15) is 14.0 Å². The minimum Gasteiger partial charge on any atom is -0.379 e. The molecule has 7 heteroatoms. The lowest BCUT2D eigenvalue weighted by Crippen LogP contribution is -2.50. The van der Waals surface area contributed by atoms with Crippen molar-refractivity contribution in [1.82, 2.24) is 9.88 Å². The lowest BCUT2D eigenvalue weighted by molar-refractivity contribution is -0.154. The molecule has 1 fully saturated rings. The van der Waals surface area contributed by atoms with Gasteiger partial charge in [-0.1, -0.05) is 23.4 Å². The summed E-state index contributed by atoms with van der Waals surface area (Å²) in [6.07, 6.45) is 4.61. The molecule has 0 bridgehead atoms. The second-order valence-electron chi connectivity index (χ2n) is 7.69. The van der Waals surface area contributed by atoms with Crippen LogP contribution in [0.4, 0.5) is 4.39 Å². The summed E-state index contributed by atoms with van der Waals surface area (Å²) in [5.74, 6) is -0.620. The van der Waals surface area contributed by atoms with Gasteiger partial charge in [-0.2, -0.15) is 0 Å². The van der Waals surface area contributed by atoms with E-state index in [4.69, 9.17) is 4.84 Å². The molecule has 3 heterocycles. The lowest BCUT2D eigenvalue weighted by atomic mass is 9.88. The number of ketones is 1. The van der Waals surface area contributed by atoms with Gasteiger partial charge in [-0.15, -0.1) is 0 Å². The maximum absolute atomic E-state index is 14.0. The van der Waals surface area contributed by atoms with E-state index in [-0.39, 0.29) is 29.8 Å². The summed E-state index contributed by atoms with van der Waals surface area (Å²) in [5, 5.41) is 3.99. The highest BCUT2D eigenvalue weighted by Crippen LogP contribution is 2.31. The topological polar surface area (TPSA) is 71.9 Å². The van der Waals surface area contributed by atoms with Crippen LogP contribution in [0.15, 0.2) is 53.9 Å². The van der Waals surface area contributed by atoms with Crippen LogP contribution >= 0.6 is 0 Å². The quantitative estimate of drug-likeness (QED) is 0.745. The summed E-state index contributed by atoms with van der Waals surface area (Å²) >= 11 is 0. The summed E-state index contributed by atoms with van der Waals surface area (Å²) in [6, 6.07) is 9.83. The number of rotatable bonds is 4. The Kier molecular flexibility index (Phi) is 5.13. The standard InChI is InChI=1S/C22H22FN3O3/c1-22(13-19(25-29-22)17-6-2-3-7-18(17)23)21(28)26-11-8-15(9-12-26)20(27)16-5-4-10-24-14-16/h2-7,10,14-15H,8-9,11-13H2,1H3/t22-/m0/s1. The van der Waals surface area contributed by atoms with Gasteiger partial charge in [-0.3, -0.25) is 14.6 Å². The summed E-state index contributed by atoms with van der Waals surface area (Å²) in [7, 11) is 0. The van der Waals surface area contributed by atoms with Gasteiger partial charge >= 0.3 is 0 Å². The van der Waals surface area contributed by atoms with Crippen molar-refractivity contribution in [2.45, 2.75) is 31.8 Å². The fraction of sp³-hybridized carbons (Fsp3) is 0.364. The Morgan fingerprint density at radius 2 is 1.93 bits per heavy atom. The van der Waals surface area contributed by atoms with Crippen LogP contribution < -0.4 is 0 Å². The summed E-state index contributed by atoms with van der Waals surface area (Å²) < 4.78 is 14.0. The molecular formula is C22H22FN3O3. The van der Waals surface area contributed by atoms with Gasteiger partial charge in [0.2, 0.25) is 5.60 Å². The highest BCUT2D eigenvalue weighted by Gasteiger charge is 2.46. The fourth-order valence-electron chi connectivity index (χ4n) is 3.92. The number of halogens is 1. The number of aromatic nitrogens is 1. The Morgan fingerprint density at radius 3 is 2.62 bits per heavy atom. The molecule has 2 aliphatic heterocycles. The molecule has 1 aromatic heterocycles. The minimum absolute atomic E-state index is 0.0682. The number of benzene rings is 1. The van der Waals surface area contributed by atoms with Crippen LogP contribution in [0.2, 0.25) is 0 Å². The van der Waals surface area contributed by atoms with E-state index < -0.39 is 5.60 Å². The van der Waals surface area contributed by atoms with Crippen molar-refractivity contribution in [3.63, 3.8) is 0 Å². The number of nitrogens with zero attached hydrogens (tertiary/aromatic N) is 3. The number of oxime groups is 1. The number of carbonyl (C=O) groups is 2. The Morgan fingerprint density at radius 1 is 1.17 bits per heavy atom. The number of piperidine rings is 1. The van der Waals surface area contributed by atoms with Gasteiger partial charge < -0.3 is 9.74 Å². The summed E-state index contributed by atoms with van der Waals surface area (Å²) in [6.45, 7) is 2.63. The zero-order chi connectivity index (χ0) is 20.4. The third-order valence-electron chi connectivity index (χ3n) is 5.60. The van der Waals surface area contributed by atoms with Gasteiger partial charge in [0, 0.05) is 48.9 Å². The molecule has 0 spiro atoms. The van der Waals surface area contributed by atoms with E-state index >= 15 is 0 Å². The van der Waals surface area contributed by atoms with Crippen LogP contribution in [0.25, 0.3) is 0 Å². The van der Waals surface area contributed by atoms with E-state index in [0.29, 0.717) is 42.8 Å². The molecule has 0 radical (unpaired) electrons. The Bertz CT molecular complexity index is 955. The van der Waals surface area contributed by atoms with Crippen LogP contribution in [0, 0.1) is 11.7 Å². The normalized spacial score (nSPS) is 22.1. The van der Waals surface area contributed by atoms with Gasteiger partial charge in [-0.05, 0) is 38.0 Å². The first-order valence-corrected chi connectivity index (χ1v) is 9.71. The molecule has 6 nitrogen and oxygen atoms in total. The molecule has 1 aromatic carbocycles. The minimum atomic E-state index is -1.15. The first kappa shape index (κ1) is 19.2. The van der Waals surface area contributed by atoms with E-state index in [2.05, 4.69) is 10.1 Å². The number of likely N-dealkylation sites (tertiary alicyclic amines) is 1. The number of hydrogen-bond acceptors (Lipinski definition) is 5. The lowest BCUT2D eigenvalue weighted by Gasteiger charge is -2.35. The molecular weight excluding hydrogens is 373 g/mol. The van der Waals surface area contributed by atoms with Gasteiger partial charge in [0.15, 0.2) is 5.78 Å². The van der Waals surface area contributed by atoms with E-state index in [1.807, 2.05) is 0 Å². The highest BCUT2D eigenvalue weighted by atomic mass is 19.1. The SMILES string of the molecule is C[C@@]1(C(=O)N2CCC(C(=O)c3cccnc3)CC2)CC(c2ccccc2F)=NO1. The van der Waals surface area contributed by atoms with Crippen LogP contribution in [0.3, 0.4) is 0 Å². The molecule has 0 unspecified atom stereocenters. The number of Topliss-reactive ketones (excluding diaryl/α,β-unsaturated/α-hetero) is 1. The van der Waals surface area contributed by atoms with Crippen molar-refractivity contribution in [1.29, 1.82) is 0 Å². The second-order valence-corrected chi connectivity index (χ2v) is 7.69. The fourth-order valence-corrected chi connectivity index (χ4v) is 3.92. The Labute approximate surface area is 168 Å². The van der Waals surface area contributed by atoms with Crippen LogP contribution in [-0.2, 0) is 9.63 Å². The van der Waals surface area contributed by atoms with Gasteiger partial charge in [0.25, 0.3) is 5.91 Å². The monoisotopic (exact) mass is 395 g/mol. The molecule has 0 N–H and O–H groups in total. The smallest absolute Gasteiger partial charge is 0.269 e. The van der Waals surface area contributed by atoms with E-state index in [0.717, 1.165) is 0 Å². The largest absolute Gasteiger partial charge is 0.379 e. The Balaban J connectivity index is 1.38. The van der Waals surface area contributed by atoms with Gasteiger partial charge in [0.1, 0.15) is 5.82 Å². The molecule has 29 heavy (non-hydrogen) atoms. The molecule has 2 aliphatic rings. The van der Waals surface area contributed by atoms with Crippen molar-refractivity contribution in [3.05, 3.63) is 65.7 Å². The van der Waals surface area contributed by atoms with Crippen molar-refractivity contribution in [3.8, 4) is 0 Å². The van der Waals surface area contributed by atoms with Crippen molar-refractivity contribution in [2.24, 2.45) is 11.1 Å². The molecule has 4 rings (SSSR count). The maximum Gasteiger partial charge on any atom is 0.269 e. The number of amides is 1. The first-order chi connectivity index (χ1) is 14.0. The zero-order valence-electron chi connectivity index (χ0n) is 16.2. The third kappa shape index (κ3) is 3.77. The Hall–Kier alpha value is -3.09. The zero-order valence-corrected chi connectivity index (χ0v) is 16.2. The average molecular weight is 395 g/mol. The molecule has 1 saturated heterocycles. The number of pyridine rings is 1. The predicted octanol–water partition coefficient (Wildman–Crippen LogP) is 3.23. The molecule has 150 valence electrons. The van der Waals surface area contributed by atoms with Crippen LogP contribution in [0.5, 0.6) is 0 Å². The molecule has 0 saturated carbocycles. The van der Waals surface area contributed by atoms with E-state index in [1.54, 1.807) is 54.5 Å². The van der Waals surface area contributed by atoms with Crippen molar-refractivity contribution in [2.75, 3.05) is 13.1 Å². The summed E-state index contributed by atoms with van der Waals surface area (Å²) in [4.78, 5) is 36.9. The van der Waals surface area contributed by atoms with Crippen molar-refractivity contribution >= 4 is 17.4 Å². The van der Waals surface area contributed by atoms with E-state index in [1.165, 1.54) is 6.07 Å². The average Bonchev–Trinajstić information content (AvgIpc) is 3.17. The second kappa shape index (κ2) is 7.73. The van der Waals surface area contributed by atoms with Gasteiger partial charge in [0.05, 0.1) is 5.71 Å². The number of hydrogen-bond donors (Lipinski definition) is 0. The molecule has 0 aliphatic carbocycles.